The van der Waals surface area contributed by atoms with Gasteiger partial charge in [-0.2, -0.15) is 0 Å². The van der Waals surface area contributed by atoms with Crippen molar-refractivity contribution >= 4 is 0 Å². The highest BCUT2D eigenvalue weighted by Gasteiger charge is 2.55. The van der Waals surface area contributed by atoms with E-state index in [0.29, 0.717) is 78.7 Å². The first kappa shape index (κ1) is 62.1. The molecule has 4 fully saturated rings. The van der Waals surface area contributed by atoms with E-state index in [4.69, 9.17) is 28.4 Å². The molecule has 450 valence electrons. The Hall–Kier alpha value is -5.44. The standard InChI is InChI=1S/C19H26O4.C19H26O3.C17H22O2.C16H20O3/c1-11-7-12(2)19(9-20)10-23-18(17(11)13(19)3)14-5-6-15(21)16(8-14)22-4;1-12-9-13(2)19(10-20)11-22-18(17(12)14(19)3)15-5-7-16(21-4)8-6-15;1-11-4-7-13-10-15(11)16(19-17(13,2)3)12-5-8-14(18)9-6-12;1-11-6-7-16(9-17)8-14(11)15(19-10-16)12-2-4-13(18)5-3-12/h5-8,12-13,17-18,20-21H,9-10H2,1-4H3;5-9,13-14,17-18,20H,10-11H2,1-4H3;4-6,8-9,13,15-16,18H,7,10H2,1-3H3;2-6,14-15,17-18H,7-10H2,1H3. The van der Waals surface area contributed by atoms with Gasteiger partial charge in [0.25, 0.3) is 0 Å². The van der Waals surface area contributed by atoms with Crippen LogP contribution in [0.3, 0.4) is 0 Å². The Kier molecular flexibility index (Phi) is 18.9. The van der Waals surface area contributed by atoms with Gasteiger partial charge in [-0.3, -0.25) is 0 Å². The van der Waals surface area contributed by atoms with Gasteiger partial charge in [0.1, 0.15) is 17.2 Å². The Morgan fingerprint density at radius 3 is 1.53 bits per heavy atom. The van der Waals surface area contributed by atoms with Crippen LogP contribution >= 0.6 is 0 Å². The molecule has 0 radical (unpaired) electrons. The van der Waals surface area contributed by atoms with E-state index < -0.39 is 0 Å². The van der Waals surface area contributed by atoms with E-state index in [1.807, 2.05) is 48.5 Å². The summed E-state index contributed by atoms with van der Waals surface area (Å²) < 4.78 is 35.4. The van der Waals surface area contributed by atoms with Gasteiger partial charge in [-0.05, 0) is 168 Å². The second kappa shape index (κ2) is 25.3. The maximum absolute atomic E-state index is 10.0. The Morgan fingerprint density at radius 2 is 1.01 bits per heavy atom. The number of rotatable bonds is 9. The summed E-state index contributed by atoms with van der Waals surface area (Å²) in [5.74, 6) is 5.41. The largest absolute Gasteiger partial charge is 0.508 e. The number of hydrogen-bond donors (Lipinski definition) is 6. The molecule has 4 saturated heterocycles. The molecule has 0 saturated carbocycles. The second-order valence-electron chi connectivity index (χ2n) is 26.4. The molecule has 83 heavy (non-hydrogen) atoms. The number of benzene rings is 4. The van der Waals surface area contributed by atoms with Crippen LogP contribution in [0.5, 0.6) is 28.7 Å². The molecule has 4 aromatic carbocycles. The fraction of sp³-hybridized carbons (Fsp3) is 0.549. The highest BCUT2D eigenvalue weighted by atomic mass is 16.5. The van der Waals surface area contributed by atoms with Crippen molar-refractivity contribution in [2.45, 2.75) is 125 Å². The summed E-state index contributed by atoms with van der Waals surface area (Å²) in [6.07, 6.45) is 13.6. The van der Waals surface area contributed by atoms with Crippen molar-refractivity contribution in [1.82, 2.24) is 0 Å². The van der Waals surface area contributed by atoms with Crippen molar-refractivity contribution in [2.75, 3.05) is 53.9 Å². The van der Waals surface area contributed by atoms with E-state index in [1.54, 1.807) is 44.6 Å². The molecule has 8 aliphatic rings. The lowest BCUT2D eigenvalue weighted by atomic mass is 9.56. The highest BCUT2D eigenvalue weighted by molar-refractivity contribution is 5.44. The van der Waals surface area contributed by atoms with Crippen molar-refractivity contribution < 1.29 is 59.1 Å². The molecule has 4 aliphatic carbocycles. The van der Waals surface area contributed by atoms with Gasteiger partial charge in [-0.15, -0.1) is 0 Å². The van der Waals surface area contributed by atoms with E-state index >= 15 is 0 Å². The maximum Gasteiger partial charge on any atom is 0.160 e. The van der Waals surface area contributed by atoms with Crippen LogP contribution in [0.15, 0.2) is 138 Å². The van der Waals surface area contributed by atoms with Crippen molar-refractivity contribution in [3.63, 3.8) is 0 Å². The Morgan fingerprint density at radius 1 is 0.530 bits per heavy atom. The summed E-state index contributed by atoms with van der Waals surface area (Å²) in [5, 5.41) is 58.3. The molecular formula is C71H94O12. The zero-order chi connectivity index (χ0) is 59.8. The van der Waals surface area contributed by atoms with Gasteiger partial charge in [-0.1, -0.05) is 117 Å². The third kappa shape index (κ3) is 12.1. The fourth-order valence-electron chi connectivity index (χ4n) is 15.6. The van der Waals surface area contributed by atoms with Crippen LogP contribution in [0.4, 0.5) is 0 Å². The van der Waals surface area contributed by atoms with E-state index in [0.717, 1.165) is 36.1 Å². The number of ether oxygens (including phenoxy) is 6. The zero-order valence-electron chi connectivity index (χ0n) is 51.2. The summed E-state index contributed by atoms with van der Waals surface area (Å²) in [7, 11) is 3.23. The van der Waals surface area contributed by atoms with Crippen LogP contribution in [0.25, 0.3) is 0 Å². The first-order chi connectivity index (χ1) is 39.6. The van der Waals surface area contributed by atoms with Crippen molar-refractivity contribution in [2.24, 2.45) is 69.5 Å². The molecule has 0 aromatic heterocycles. The SMILES string of the molecule is CC1=CCC2(CO)COC(c3ccc(O)cc3)C1C2.CC1=CCC2CC1C(c1ccc(O)cc1)OC2(C)C.COc1cc(C2OCC3(CO)C(C)C=C(C)C2C3C)ccc1O.COc1ccc(C2OCC3(CO)C(C)C=C(C)C2C3C)cc1. The number of aromatic hydroxyl groups is 3. The lowest BCUT2D eigenvalue weighted by molar-refractivity contribution is -0.166. The van der Waals surface area contributed by atoms with Crippen LogP contribution in [0.1, 0.15) is 142 Å². The molecule has 16 atom stereocenters. The van der Waals surface area contributed by atoms with E-state index in [-0.39, 0.29) is 83.5 Å². The van der Waals surface area contributed by atoms with Gasteiger partial charge in [0, 0.05) is 39.9 Å². The average molecular weight is 1140 g/mol. The molecule has 4 aromatic rings. The second-order valence-corrected chi connectivity index (χ2v) is 26.4. The summed E-state index contributed by atoms with van der Waals surface area (Å²) in [6.45, 7) is 24.3. The number of hydrogen-bond acceptors (Lipinski definition) is 12. The summed E-state index contributed by atoms with van der Waals surface area (Å²) in [5.41, 5.74) is 9.44. The molecule has 12 rings (SSSR count). The number of methoxy groups -OCH3 is 2. The van der Waals surface area contributed by atoms with Crippen LogP contribution in [0.2, 0.25) is 0 Å². The fourth-order valence-corrected chi connectivity index (χ4v) is 15.6. The van der Waals surface area contributed by atoms with Gasteiger partial charge in [-0.25, -0.2) is 0 Å². The summed E-state index contributed by atoms with van der Waals surface area (Å²) in [6, 6.07) is 28.3. The molecular weight excluding hydrogens is 1040 g/mol. The average Bonchev–Trinajstić information content (AvgIpc) is 2.73. The van der Waals surface area contributed by atoms with Gasteiger partial charge in [0.15, 0.2) is 11.5 Å². The molecule has 12 nitrogen and oxygen atoms in total. The topological polar surface area (TPSA) is 177 Å². The lowest BCUT2D eigenvalue weighted by Crippen LogP contribution is -2.53. The predicted octanol–water partition coefficient (Wildman–Crippen LogP) is 13.9. The minimum atomic E-state index is -0.207. The lowest BCUT2D eigenvalue weighted by Gasteiger charge is -2.55. The molecule has 4 heterocycles. The van der Waals surface area contributed by atoms with E-state index in [9.17, 15) is 30.6 Å². The molecule has 16 unspecified atom stereocenters. The van der Waals surface area contributed by atoms with Crippen LogP contribution < -0.4 is 9.47 Å². The minimum absolute atomic E-state index is 0.0387. The third-order valence-electron chi connectivity index (χ3n) is 21.5. The monoisotopic (exact) mass is 1140 g/mol. The number of aliphatic hydroxyl groups is 3. The van der Waals surface area contributed by atoms with Gasteiger partial charge >= 0.3 is 0 Å². The molecule has 8 bridgehead atoms. The van der Waals surface area contributed by atoms with Crippen molar-refractivity contribution in [3.05, 3.63) is 160 Å². The Labute approximate surface area is 493 Å². The maximum atomic E-state index is 10.0. The number of phenolic OH excluding ortho intramolecular Hbond substituents is 3. The van der Waals surface area contributed by atoms with Crippen molar-refractivity contribution in [1.29, 1.82) is 0 Å². The molecule has 0 spiro atoms. The minimum Gasteiger partial charge on any atom is -0.508 e. The number of fused-ring (bicyclic) bond motifs is 8. The van der Waals surface area contributed by atoms with Crippen LogP contribution in [-0.2, 0) is 18.9 Å². The first-order valence-electron chi connectivity index (χ1n) is 30.2. The third-order valence-corrected chi connectivity index (χ3v) is 21.5. The quantitative estimate of drug-likeness (QED) is 0.0876. The van der Waals surface area contributed by atoms with Gasteiger partial charge in [0.2, 0.25) is 0 Å². The van der Waals surface area contributed by atoms with Gasteiger partial charge in [0.05, 0.1) is 83.9 Å². The predicted molar refractivity (Wildman–Crippen MR) is 324 cm³/mol. The first-order valence-corrected chi connectivity index (χ1v) is 30.2. The van der Waals surface area contributed by atoms with Gasteiger partial charge < -0.3 is 59.1 Å². The highest BCUT2D eigenvalue weighted by Crippen LogP contribution is 2.58. The summed E-state index contributed by atoms with van der Waals surface area (Å²) in [4.78, 5) is 0. The molecule has 12 heteroatoms. The molecule has 6 N–H and O–H groups in total. The van der Waals surface area contributed by atoms with Crippen LogP contribution in [0, 0.1) is 69.5 Å². The van der Waals surface area contributed by atoms with Crippen LogP contribution in [-0.4, -0.2) is 90.1 Å². The Bertz CT molecular complexity index is 2980. The number of phenols is 3. The van der Waals surface area contributed by atoms with E-state index in [1.165, 1.54) is 39.8 Å². The summed E-state index contributed by atoms with van der Waals surface area (Å²) >= 11 is 0. The van der Waals surface area contributed by atoms with E-state index in [2.05, 4.69) is 106 Å². The Balaban J connectivity index is 0.000000133. The zero-order valence-corrected chi connectivity index (χ0v) is 51.2. The molecule has 4 aliphatic heterocycles. The number of allylic oxidation sites excluding steroid dienone is 4. The normalized spacial score (nSPS) is 35.3. The number of aliphatic hydroxyl groups excluding tert-OH is 3. The van der Waals surface area contributed by atoms with Crippen molar-refractivity contribution in [3.8, 4) is 28.7 Å². The smallest absolute Gasteiger partial charge is 0.160 e. The molecule has 0 amide bonds.